The second-order valence-electron chi connectivity index (χ2n) is 11.1. The van der Waals surface area contributed by atoms with Gasteiger partial charge in [0.2, 0.25) is 18.6 Å². The maximum atomic E-state index is 12.9. The quantitative estimate of drug-likeness (QED) is 0.383. The van der Waals surface area contributed by atoms with Crippen molar-refractivity contribution in [1.29, 1.82) is 0 Å². The summed E-state index contributed by atoms with van der Waals surface area (Å²) in [4.78, 5) is 50.9. The van der Waals surface area contributed by atoms with Gasteiger partial charge in [0.25, 0.3) is 0 Å². The molecule has 12 heteroatoms. The van der Waals surface area contributed by atoms with Crippen molar-refractivity contribution in [1.82, 2.24) is 15.5 Å². The van der Waals surface area contributed by atoms with Crippen molar-refractivity contribution >= 4 is 23.9 Å². The summed E-state index contributed by atoms with van der Waals surface area (Å²) < 4.78 is 22.0. The van der Waals surface area contributed by atoms with Crippen LogP contribution in [0.2, 0.25) is 0 Å². The van der Waals surface area contributed by atoms with Gasteiger partial charge in [-0.15, -0.1) is 0 Å². The van der Waals surface area contributed by atoms with E-state index in [1.165, 1.54) is 4.90 Å². The third-order valence-electron chi connectivity index (χ3n) is 6.61. The van der Waals surface area contributed by atoms with E-state index in [2.05, 4.69) is 10.6 Å². The third kappa shape index (κ3) is 8.59. The van der Waals surface area contributed by atoms with Crippen LogP contribution in [0.15, 0.2) is 42.5 Å². The van der Waals surface area contributed by atoms with E-state index in [9.17, 15) is 19.2 Å². The number of carboxylic acid groups (broad SMARTS) is 1. The average Bonchev–Trinajstić information content (AvgIpc) is 3.42. The molecule has 3 amide bonds. The van der Waals surface area contributed by atoms with E-state index in [1.807, 2.05) is 42.5 Å². The zero-order valence-corrected chi connectivity index (χ0v) is 24.0. The number of carbonyl (C=O) groups excluding carboxylic acids is 3. The van der Waals surface area contributed by atoms with Crippen LogP contribution in [0.3, 0.4) is 0 Å². The second-order valence-corrected chi connectivity index (χ2v) is 11.1. The van der Waals surface area contributed by atoms with Crippen LogP contribution in [0.4, 0.5) is 4.79 Å². The van der Waals surface area contributed by atoms with E-state index in [4.69, 9.17) is 24.1 Å². The smallest absolute Gasteiger partial charge is 0.412 e. The van der Waals surface area contributed by atoms with Crippen LogP contribution in [0.25, 0.3) is 11.1 Å². The van der Waals surface area contributed by atoms with Gasteiger partial charge in [0.1, 0.15) is 24.4 Å². The Kier molecular flexibility index (Phi) is 9.89. The number of rotatable bonds is 10. The molecular formula is C30H37N3O9. The Morgan fingerprint density at radius 2 is 1.76 bits per heavy atom. The molecule has 1 fully saturated rings. The summed E-state index contributed by atoms with van der Waals surface area (Å²) >= 11 is 0. The number of hydrogen-bond acceptors (Lipinski definition) is 8. The Balaban J connectivity index is 1.39. The van der Waals surface area contributed by atoms with Crippen molar-refractivity contribution in [3.8, 4) is 22.6 Å². The van der Waals surface area contributed by atoms with Gasteiger partial charge >= 0.3 is 12.1 Å². The highest BCUT2D eigenvalue weighted by atomic mass is 16.7. The fourth-order valence-electron chi connectivity index (χ4n) is 4.62. The number of benzene rings is 2. The monoisotopic (exact) mass is 583 g/mol. The van der Waals surface area contributed by atoms with Crippen molar-refractivity contribution < 1.29 is 43.2 Å². The Morgan fingerprint density at radius 1 is 1.05 bits per heavy atom. The van der Waals surface area contributed by atoms with Gasteiger partial charge in [0, 0.05) is 25.8 Å². The van der Waals surface area contributed by atoms with Gasteiger partial charge in [0.05, 0.1) is 6.61 Å². The van der Waals surface area contributed by atoms with Gasteiger partial charge in [0.15, 0.2) is 11.5 Å². The number of aliphatic carboxylic acids is 1. The normalized spacial score (nSPS) is 16.8. The molecule has 12 nitrogen and oxygen atoms in total. The van der Waals surface area contributed by atoms with Crippen LogP contribution in [0.1, 0.15) is 45.6 Å². The summed E-state index contributed by atoms with van der Waals surface area (Å²) in [6.45, 7) is 5.84. The van der Waals surface area contributed by atoms with Crippen LogP contribution in [0.5, 0.6) is 11.5 Å². The molecule has 1 saturated heterocycles. The number of nitrogens with one attached hydrogen (secondary N) is 2. The van der Waals surface area contributed by atoms with Gasteiger partial charge in [-0.1, -0.05) is 30.3 Å². The summed E-state index contributed by atoms with van der Waals surface area (Å²) in [7, 11) is 0. The number of hydrogen-bond donors (Lipinski definition) is 3. The van der Waals surface area contributed by atoms with E-state index < -0.39 is 48.3 Å². The molecule has 4 rings (SSSR count). The molecule has 2 heterocycles. The van der Waals surface area contributed by atoms with E-state index in [0.29, 0.717) is 31.1 Å². The molecule has 2 aromatic carbocycles. The molecule has 0 saturated carbocycles. The molecule has 0 aliphatic carbocycles. The third-order valence-corrected chi connectivity index (χ3v) is 6.61. The second kappa shape index (κ2) is 13.6. The lowest BCUT2D eigenvalue weighted by molar-refractivity contribution is -0.138. The average molecular weight is 584 g/mol. The maximum Gasteiger partial charge on any atom is 0.412 e. The molecule has 42 heavy (non-hydrogen) atoms. The van der Waals surface area contributed by atoms with Crippen molar-refractivity contribution in [3.05, 3.63) is 48.0 Å². The maximum absolute atomic E-state index is 12.9. The molecule has 3 N–H and O–H groups in total. The van der Waals surface area contributed by atoms with Gasteiger partial charge < -0.3 is 34.7 Å². The van der Waals surface area contributed by atoms with E-state index in [-0.39, 0.29) is 26.1 Å². The lowest BCUT2D eigenvalue weighted by atomic mass is 9.99. The zero-order chi connectivity index (χ0) is 30.3. The molecule has 0 aromatic heterocycles. The predicted molar refractivity (Wildman–Crippen MR) is 151 cm³/mol. The van der Waals surface area contributed by atoms with Gasteiger partial charge in [-0.05, 0) is 56.0 Å². The van der Waals surface area contributed by atoms with Gasteiger partial charge in [-0.3, -0.25) is 19.3 Å². The Bertz CT molecular complexity index is 1290. The highest BCUT2D eigenvalue weighted by molar-refractivity contribution is 5.89. The van der Waals surface area contributed by atoms with Gasteiger partial charge in [-0.25, -0.2) is 4.79 Å². The molecule has 0 spiro atoms. The highest BCUT2D eigenvalue weighted by Gasteiger charge is 2.32. The number of carboxylic acids is 1. The molecular weight excluding hydrogens is 546 g/mol. The molecule has 0 radical (unpaired) electrons. The van der Waals surface area contributed by atoms with Crippen LogP contribution in [-0.4, -0.2) is 78.2 Å². The molecule has 2 aromatic rings. The van der Waals surface area contributed by atoms with Crippen molar-refractivity contribution in [3.63, 3.8) is 0 Å². The lowest BCUT2D eigenvalue weighted by Crippen LogP contribution is -2.50. The standard InChI is InChI=1S/C30H37N3O9/c1-30(2,3)42-29(38)33-13-4-14-39-26(33)12-11-25(34)32-22(28(37)31-17-27(35)36)15-19-5-7-20(8-6-19)21-9-10-23-24(16-21)41-18-40-23/h5-10,16,22,26H,4,11-15,17-18H2,1-3H3,(H,31,37)(H,32,34)(H,35,36)/t22-,26?/m0/s1. The fraction of sp³-hybridized carbons (Fsp3) is 0.467. The number of fused-ring (bicyclic) bond motifs is 1. The van der Waals surface area contributed by atoms with Crippen LogP contribution < -0.4 is 20.1 Å². The Labute approximate surface area is 244 Å². The summed E-state index contributed by atoms with van der Waals surface area (Å²) in [5.41, 5.74) is 1.95. The summed E-state index contributed by atoms with van der Waals surface area (Å²) in [6, 6.07) is 12.1. The molecule has 226 valence electrons. The number of nitrogens with zero attached hydrogens (tertiary/aromatic N) is 1. The Morgan fingerprint density at radius 3 is 2.48 bits per heavy atom. The minimum absolute atomic E-state index is 0.0181. The van der Waals surface area contributed by atoms with Crippen LogP contribution in [0, 0.1) is 0 Å². The largest absolute Gasteiger partial charge is 0.480 e. The van der Waals surface area contributed by atoms with Crippen LogP contribution in [-0.2, 0) is 30.3 Å². The van der Waals surface area contributed by atoms with Crippen molar-refractivity contribution in [2.24, 2.45) is 0 Å². The zero-order valence-electron chi connectivity index (χ0n) is 24.0. The predicted octanol–water partition coefficient (Wildman–Crippen LogP) is 3.07. The molecule has 2 atom stereocenters. The number of carbonyl (C=O) groups is 4. The first-order valence-corrected chi connectivity index (χ1v) is 13.9. The highest BCUT2D eigenvalue weighted by Crippen LogP contribution is 2.36. The molecule has 2 aliphatic rings. The summed E-state index contributed by atoms with van der Waals surface area (Å²) in [5.74, 6) is -0.884. The minimum atomic E-state index is -1.20. The fourth-order valence-corrected chi connectivity index (χ4v) is 4.62. The first-order valence-electron chi connectivity index (χ1n) is 13.9. The minimum Gasteiger partial charge on any atom is -0.480 e. The lowest BCUT2D eigenvalue weighted by Gasteiger charge is -2.36. The Hall–Kier alpha value is -4.32. The van der Waals surface area contributed by atoms with Crippen LogP contribution >= 0.6 is 0 Å². The molecule has 2 aliphatic heterocycles. The topological polar surface area (TPSA) is 153 Å². The van der Waals surface area contributed by atoms with E-state index >= 15 is 0 Å². The van der Waals surface area contributed by atoms with E-state index in [1.54, 1.807) is 20.8 Å². The van der Waals surface area contributed by atoms with Crippen molar-refractivity contribution in [2.45, 2.75) is 64.3 Å². The van der Waals surface area contributed by atoms with Crippen molar-refractivity contribution in [2.75, 3.05) is 26.5 Å². The molecule has 0 bridgehead atoms. The SMILES string of the molecule is CC(C)(C)OC(=O)N1CCCOC1CCC(=O)N[C@@H](Cc1ccc(-c2ccc3c(c2)OCO3)cc1)C(=O)NCC(=O)O. The summed E-state index contributed by atoms with van der Waals surface area (Å²) in [6.07, 6.45) is -0.164. The molecule has 1 unspecified atom stereocenters. The first-order chi connectivity index (χ1) is 20.0. The first kappa shape index (κ1) is 30.6. The number of amides is 3. The number of ether oxygens (including phenoxy) is 4. The van der Waals surface area contributed by atoms with E-state index in [0.717, 1.165) is 16.7 Å². The summed E-state index contributed by atoms with van der Waals surface area (Å²) in [5, 5.41) is 14.1. The van der Waals surface area contributed by atoms with Gasteiger partial charge in [-0.2, -0.15) is 0 Å².